The van der Waals surface area contributed by atoms with E-state index in [2.05, 4.69) is 5.32 Å². The normalized spacial score (nSPS) is 11.0. The number of ether oxygens (including phenoxy) is 2. The van der Waals surface area contributed by atoms with Gasteiger partial charge in [0.05, 0.1) is 18.8 Å². The minimum absolute atomic E-state index is 0.0141. The number of nitriles is 1. The number of hydrogen-bond donors (Lipinski definition) is 1. The van der Waals surface area contributed by atoms with Gasteiger partial charge in [-0.2, -0.15) is 5.26 Å². The third-order valence-electron chi connectivity index (χ3n) is 5.17. The van der Waals surface area contributed by atoms with Crippen LogP contribution in [0.5, 0.6) is 5.75 Å². The van der Waals surface area contributed by atoms with Crippen LogP contribution in [0.2, 0.25) is 0 Å². The van der Waals surface area contributed by atoms with E-state index in [4.69, 9.17) is 9.47 Å². The SMILES string of the molecule is CCOC(=O)c1ccc(-n2c(C)cc(/C=C(/C#N)C(=O)Nc3cccc(OCC)c3)c2C)cc1. The van der Waals surface area contributed by atoms with Gasteiger partial charge in [-0.3, -0.25) is 4.79 Å². The molecule has 3 rings (SSSR count). The Bertz CT molecular complexity index is 1260. The van der Waals surface area contributed by atoms with Gasteiger partial charge in [0.15, 0.2) is 0 Å². The molecule has 0 unspecified atom stereocenters. The Labute approximate surface area is 199 Å². The molecule has 0 aliphatic rings. The molecule has 0 bridgehead atoms. The summed E-state index contributed by atoms with van der Waals surface area (Å²) in [7, 11) is 0. The van der Waals surface area contributed by atoms with E-state index >= 15 is 0 Å². The fourth-order valence-electron chi connectivity index (χ4n) is 3.62. The van der Waals surface area contributed by atoms with Gasteiger partial charge < -0.3 is 19.4 Å². The molecule has 0 saturated heterocycles. The van der Waals surface area contributed by atoms with Gasteiger partial charge in [-0.25, -0.2) is 4.79 Å². The Morgan fingerprint density at radius 1 is 1.06 bits per heavy atom. The largest absolute Gasteiger partial charge is 0.494 e. The molecule has 1 heterocycles. The molecule has 0 saturated carbocycles. The lowest BCUT2D eigenvalue weighted by Gasteiger charge is -2.11. The number of carbonyl (C=O) groups is 2. The highest BCUT2D eigenvalue weighted by Gasteiger charge is 2.15. The number of amides is 1. The standard InChI is InChI=1S/C27H27N3O4/c1-5-33-25-9-7-8-23(16-25)29-26(31)22(17-28)15-21-14-18(3)30(19(21)4)24-12-10-20(11-13-24)27(32)34-6-2/h7-16H,5-6H2,1-4H3,(H,29,31)/b22-15-. The zero-order chi connectivity index (χ0) is 24.7. The fraction of sp³-hybridized carbons (Fsp3) is 0.222. The second-order valence-electron chi connectivity index (χ2n) is 7.51. The van der Waals surface area contributed by atoms with E-state index in [1.54, 1.807) is 49.4 Å². The van der Waals surface area contributed by atoms with Gasteiger partial charge in [0.1, 0.15) is 17.4 Å². The van der Waals surface area contributed by atoms with Crippen LogP contribution in [-0.2, 0) is 9.53 Å². The van der Waals surface area contributed by atoms with E-state index in [9.17, 15) is 14.9 Å². The molecule has 2 aromatic carbocycles. The first kappa shape index (κ1) is 24.3. The van der Waals surface area contributed by atoms with Crippen LogP contribution in [0, 0.1) is 25.2 Å². The molecule has 1 N–H and O–H groups in total. The molecule has 174 valence electrons. The molecule has 3 aromatic rings. The Kier molecular flexibility index (Phi) is 7.88. The molecular weight excluding hydrogens is 430 g/mol. The second kappa shape index (κ2) is 11.0. The number of rotatable bonds is 8. The highest BCUT2D eigenvalue weighted by atomic mass is 16.5. The number of aromatic nitrogens is 1. The molecule has 0 spiro atoms. The van der Waals surface area contributed by atoms with Crippen LogP contribution >= 0.6 is 0 Å². The summed E-state index contributed by atoms with van der Waals surface area (Å²) in [4.78, 5) is 24.7. The predicted octanol–water partition coefficient (Wildman–Crippen LogP) is 5.22. The van der Waals surface area contributed by atoms with Crippen molar-refractivity contribution in [2.24, 2.45) is 0 Å². The zero-order valence-corrected chi connectivity index (χ0v) is 19.7. The minimum atomic E-state index is -0.500. The average Bonchev–Trinajstić information content (AvgIpc) is 3.10. The third kappa shape index (κ3) is 5.54. The van der Waals surface area contributed by atoms with Crippen LogP contribution in [-0.4, -0.2) is 29.7 Å². The average molecular weight is 458 g/mol. The lowest BCUT2D eigenvalue weighted by molar-refractivity contribution is -0.112. The summed E-state index contributed by atoms with van der Waals surface area (Å²) in [6.45, 7) is 8.33. The number of anilines is 1. The molecule has 7 nitrogen and oxygen atoms in total. The van der Waals surface area contributed by atoms with Crippen molar-refractivity contribution in [3.8, 4) is 17.5 Å². The smallest absolute Gasteiger partial charge is 0.338 e. The lowest BCUT2D eigenvalue weighted by Crippen LogP contribution is -2.13. The monoisotopic (exact) mass is 457 g/mol. The van der Waals surface area contributed by atoms with Crippen molar-refractivity contribution in [3.05, 3.63) is 82.7 Å². The van der Waals surface area contributed by atoms with Crippen molar-refractivity contribution >= 4 is 23.6 Å². The van der Waals surface area contributed by atoms with Crippen LogP contribution in [0.1, 0.15) is 41.2 Å². The number of aryl methyl sites for hydroxylation is 1. The Balaban J connectivity index is 1.86. The minimum Gasteiger partial charge on any atom is -0.494 e. The summed E-state index contributed by atoms with van der Waals surface area (Å²) in [5, 5.41) is 12.4. The molecule has 0 aliphatic heterocycles. The van der Waals surface area contributed by atoms with Crippen LogP contribution in [0.4, 0.5) is 5.69 Å². The van der Waals surface area contributed by atoms with E-state index in [1.807, 2.05) is 49.6 Å². The molecule has 7 heteroatoms. The number of nitrogens with one attached hydrogen (secondary N) is 1. The van der Waals surface area contributed by atoms with Crippen molar-refractivity contribution in [2.45, 2.75) is 27.7 Å². The molecular formula is C27H27N3O4. The van der Waals surface area contributed by atoms with E-state index in [0.29, 0.717) is 30.2 Å². The first-order valence-corrected chi connectivity index (χ1v) is 11.0. The van der Waals surface area contributed by atoms with E-state index in [1.165, 1.54) is 0 Å². The number of hydrogen-bond acceptors (Lipinski definition) is 5. The number of carbonyl (C=O) groups excluding carboxylic acids is 2. The summed E-state index contributed by atoms with van der Waals surface area (Å²) in [5.74, 6) is -0.227. The first-order chi connectivity index (χ1) is 16.4. The van der Waals surface area contributed by atoms with Gasteiger partial charge in [-0.15, -0.1) is 0 Å². The molecule has 34 heavy (non-hydrogen) atoms. The van der Waals surface area contributed by atoms with Gasteiger partial charge >= 0.3 is 5.97 Å². The number of nitrogens with zero attached hydrogens (tertiary/aromatic N) is 2. The Hall–Kier alpha value is -4.31. The maximum absolute atomic E-state index is 12.8. The molecule has 0 aliphatic carbocycles. The molecule has 0 fully saturated rings. The van der Waals surface area contributed by atoms with Crippen LogP contribution in [0.3, 0.4) is 0 Å². The number of benzene rings is 2. The van der Waals surface area contributed by atoms with Gasteiger partial charge in [-0.1, -0.05) is 6.07 Å². The number of esters is 1. The summed E-state index contributed by atoms with van der Waals surface area (Å²) in [6, 6.07) is 18.0. The van der Waals surface area contributed by atoms with E-state index in [0.717, 1.165) is 22.6 Å². The van der Waals surface area contributed by atoms with E-state index in [-0.39, 0.29) is 11.5 Å². The van der Waals surface area contributed by atoms with Crippen LogP contribution in [0.15, 0.2) is 60.2 Å². The topological polar surface area (TPSA) is 93.4 Å². The summed E-state index contributed by atoms with van der Waals surface area (Å²) < 4.78 is 12.5. The zero-order valence-electron chi connectivity index (χ0n) is 19.7. The highest BCUT2D eigenvalue weighted by molar-refractivity contribution is 6.09. The van der Waals surface area contributed by atoms with Crippen LogP contribution in [0.25, 0.3) is 11.8 Å². The lowest BCUT2D eigenvalue weighted by atomic mass is 10.1. The Morgan fingerprint density at radius 3 is 2.44 bits per heavy atom. The highest BCUT2D eigenvalue weighted by Crippen LogP contribution is 2.24. The van der Waals surface area contributed by atoms with E-state index < -0.39 is 5.91 Å². The van der Waals surface area contributed by atoms with Gasteiger partial charge in [-0.05, 0) is 81.8 Å². The predicted molar refractivity (Wildman–Crippen MR) is 131 cm³/mol. The van der Waals surface area contributed by atoms with Crippen molar-refractivity contribution in [1.29, 1.82) is 5.26 Å². The van der Waals surface area contributed by atoms with Crippen LogP contribution < -0.4 is 10.1 Å². The quantitative estimate of drug-likeness (QED) is 0.285. The van der Waals surface area contributed by atoms with Gasteiger partial charge in [0, 0.05) is 28.8 Å². The van der Waals surface area contributed by atoms with Crippen molar-refractivity contribution in [2.75, 3.05) is 18.5 Å². The summed E-state index contributed by atoms with van der Waals surface area (Å²) >= 11 is 0. The summed E-state index contributed by atoms with van der Waals surface area (Å²) in [5.41, 5.74) is 4.41. The molecule has 0 radical (unpaired) electrons. The maximum Gasteiger partial charge on any atom is 0.338 e. The maximum atomic E-state index is 12.8. The van der Waals surface area contributed by atoms with Gasteiger partial charge in [0.2, 0.25) is 0 Å². The Morgan fingerprint density at radius 2 is 1.79 bits per heavy atom. The summed E-state index contributed by atoms with van der Waals surface area (Å²) in [6.07, 6.45) is 1.58. The molecule has 1 amide bonds. The second-order valence-corrected chi connectivity index (χ2v) is 7.51. The van der Waals surface area contributed by atoms with Crippen molar-refractivity contribution in [1.82, 2.24) is 4.57 Å². The van der Waals surface area contributed by atoms with Crippen molar-refractivity contribution in [3.63, 3.8) is 0 Å². The van der Waals surface area contributed by atoms with Crippen molar-refractivity contribution < 1.29 is 19.1 Å². The molecule has 1 aromatic heterocycles. The molecule has 0 atom stereocenters. The third-order valence-corrected chi connectivity index (χ3v) is 5.17. The van der Waals surface area contributed by atoms with Gasteiger partial charge in [0.25, 0.3) is 5.91 Å². The fourth-order valence-corrected chi connectivity index (χ4v) is 3.62. The first-order valence-electron chi connectivity index (χ1n) is 11.0.